The molecule has 0 saturated heterocycles. The van der Waals surface area contributed by atoms with Crippen molar-refractivity contribution in [2.24, 2.45) is 0 Å². The highest BCUT2D eigenvalue weighted by Crippen LogP contribution is 2.35. The first-order valence-corrected chi connectivity index (χ1v) is 11.6. The number of imidazole rings is 1. The van der Waals surface area contributed by atoms with Gasteiger partial charge in [0.1, 0.15) is 17.2 Å². The van der Waals surface area contributed by atoms with Gasteiger partial charge in [-0.15, -0.1) is 0 Å². The summed E-state index contributed by atoms with van der Waals surface area (Å²) in [5.41, 5.74) is 4.79. The average Bonchev–Trinajstić information content (AvgIpc) is 3.53. The molecule has 0 unspecified atom stereocenters. The highest BCUT2D eigenvalue weighted by molar-refractivity contribution is 5.98. The molecule has 0 spiro atoms. The van der Waals surface area contributed by atoms with Crippen LogP contribution >= 0.6 is 0 Å². The number of nitrogens with one attached hydrogen (secondary N) is 3. The van der Waals surface area contributed by atoms with E-state index in [0.29, 0.717) is 51.3 Å². The Balaban J connectivity index is 1.48. The summed E-state index contributed by atoms with van der Waals surface area (Å²) in [6.45, 7) is 3.46. The summed E-state index contributed by atoms with van der Waals surface area (Å²) < 4.78 is 30.4. The van der Waals surface area contributed by atoms with Gasteiger partial charge in [-0.2, -0.15) is 5.10 Å². The van der Waals surface area contributed by atoms with Crippen molar-refractivity contribution in [1.82, 2.24) is 35.5 Å². The predicted octanol–water partition coefficient (Wildman–Crippen LogP) is 5.62. The number of nitrogens with zero attached hydrogens (tertiary/aromatic N) is 4. The average molecular weight is 482 g/mol. The fraction of sp³-hybridized carbons (Fsp3) is 0.111. The van der Waals surface area contributed by atoms with Crippen LogP contribution in [0.25, 0.3) is 55.8 Å². The smallest absolute Gasteiger partial charge is 0.161 e. The largest absolute Gasteiger partial charge is 0.337 e. The third-order valence-corrected chi connectivity index (χ3v) is 6.09. The van der Waals surface area contributed by atoms with Gasteiger partial charge in [-0.3, -0.25) is 15.1 Å². The van der Waals surface area contributed by atoms with Crippen LogP contribution in [-0.2, 0) is 6.54 Å². The SMILES string of the molecule is CCNCc1cncc(-c2ncc3[nH]nc(-c4nc5c(-c6ccccc6F)cccc5[nH]4)c3c2F)c1. The van der Waals surface area contributed by atoms with E-state index in [2.05, 4.69) is 30.5 Å². The third kappa shape index (κ3) is 3.70. The van der Waals surface area contributed by atoms with Gasteiger partial charge in [0.2, 0.25) is 0 Å². The number of H-pyrrole nitrogens is 2. The lowest BCUT2D eigenvalue weighted by atomic mass is 10.0. The highest BCUT2D eigenvalue weighted by atomic mass is 19.1. The van der Waals surface area contributed by atoms with Crippen LogP contribution in [0.1, 0.15) is 12.5 Å². The van der Waals surface area contributed by atoms with Crippen molar-refractivity contribution >= 4 is 21.9 Å². The van der Waals surface area contributed by atoms with E-state index in [0.717, 1.165) is 12.1 Å². The Hall–Kier alpha value is -4.50. The zero-order chi connectivity index (χ0) is 24.6. The molecule has 4 heterocycles. The van der Waals surface area contributed by atoms with Crippen LogP contribution in [0.4, 0.5) is 8.78 Å². The summed E-state index contributed by atoms with van der Waals surface area (Å²) >= 11 is 0. The first-order chi connectivity index (χ1) is 17.6. The molecule has 0 aliphatic carbocycles. The maximum atomic E-state index is 15.9. The van der Waals surface area contributed by atoms with Crippen LogP contribution in [0.3, 0.4) is 0 Å². The minimum atomic E-state index is -0.520. The van der Waals surface area contributed by atoms with Crippen molar-refractivity contribution in [3.8, 4) is 33.9 Å². The predicted molar refractivity (Wildman–Crippen MR) is 135 cm³/mol. The molecule has 4 aromatic heterocycles. The molecule has 6 aromatic rings. The molecule has 2 aromatic carbocycles. The van der Waals surface area contributed by atoms with Gasteiger partial charge < -0.3 is 10.3 Å². The standard InChI is InChI=1S/C27H21F2N7/c1-2-30-11-15-10-16(13-31-12-15)24-23(29)22-21(14-32-24)35-36-26(22)27-33-20-9-5-7-18(25(20)34-27)17-6-3-4-8-19(17)28/h3-10,12-14,30H,2,11H2,1H3,(H,33,34)(H,35,36). The molecule has 0 atom stereocenters. The monoisotopic (exact) mass is 481 g/mol. The molecule has 0 bridgehead atoms. The molecule has 0 aliphatic rings. The summed E-state index contributed by atoms with van der Waals surface area (Å²) in [5, 5.41) is 10.7. The molecular weight excluding hydrogens is 460 g/mol. The van der Waals surface area contributed by atoms with Gasteiger partial charge in [-0.25, -0.2) is 13.8 Å². The highest BCUT2D eigenvalue weighted by Gasteiger charge is 2.21. The van der Waals surface area contributed by atoms with Crippen molar-refractivity contribution in [1.29, 1.82) is 0 Å². The van der Waals surface area contributed by atoms with Crippen molar-refractivity contribution in [2.45, 2.75) is 13.5 Å². The van der Waals surface area contributed by atoms with Crippen molar-refractivity contribution in [3.63, 3.8) is 0 Å². The van der Waals surface area contributed by atoms with Gasteiger partial charge in [0.05, 0.1) is 28.1 Å². The lowest BCUT2D eigenvalue weighted by molar-refractivity contribution is 0.631. The number of hydrogen-bond acceptors (Lipinski definition) is 5. The molecule has 7 nitrogen and oxygen atoms in total. The second kappa shape index (κ2) is 8.94. The molecule has 0 amide bonds. The molecular formula is C27H21F2N7. The quantitative estimate of drug-likeness (QED) is 0.287. The lowest BCUT2D eigenvalue weighted by Crippen LogP contribution is -2.11. The van der Waals surface area contributed by atoms with Gasteiger partial charge in [-0.1, -0.05) is 37.3 Å². The number of rotatable bonds is 6. The summed E-state index contributed by atoms with van der Waals surface area (Å²) in [6.07, 6.45) is 4.89. The summed E-state index contributed by atoms with van der Waals surface area (Å²) in [6, 6.07) is 13.9. The molecule has 0 saturated carbocycles. The minimum absolute atomic E-state index is 0.180. The first kappa shape index (κ1) is 22.0. The number of halogens is 2. The Kier molecular flexibility index (Phi) is 5.46. The number of pyridine rings is 2. The number of benzene rings is 2. The van der Waals surface area contributed by atoms with E-state index in [-0.39, 0.29) is 16.9 Å². The van der Waals surface area contributed by atoms with Crippen LogP contribution in [0.15, 0.2) is 67.1 Å². The second-order valence-corrected chi connectivity index (χ2v) is 8.41. The second-order valence-electron chi connectivity index (χ2n) is 8.41. The topological polar surface area (TPSA) is 95.2 Å². The molecule has 0 aliphatic heterocycles. The molecule has 6 rings (SSSR count). The number of hydrogen-bond donors (Lipinski definition) is 3. The molecule has 178 valence electrons. The van der Waals surface area contributed by atoms with E-state index < -0.39 is 5.82 Å². The maximum Gasteiger partial charge on any atom is 0.161 e. The minimum Gasteiger partial charge on any atom is -0.337 e. The third-order valence-electron chi connectivity index (χ3n) is 6.09. The zero-order valence-electron chi connectivity index (χ0n) is 19.3. The maximum absolute atomic E-state index is 15.9. The lowest BCUT2D eigenvalue weighted by Gasteiger charge is -2.07. The first-order valence-electron chi connectivity index (χ1n) is 11.6. The fourth-order valence-electron chi connectivity index (χ4n) is 4.37. The zero-order valence-corrected chi connectivity index (χ0v) is 19.3. The van der Waals surface area contributed by atoms with Crippen LogP contribution in [0, 0.1) is 11.6 Å². The van der Waals surface area contributed by atoms with Crippen LogP contribution < -0.4 is 5.32 Å². The number of aromatic nitrogens is 6. The summed E-state index contributed by atoms with van der Waals surface area (Å²) in [4.78, 5) is 16.5. The van der Waals surface area contributed by atoms with Crippen molar-refractivity contribution in [2.75, 3.05) is 6.54 Å². The van der Waals surface area contributed by atoms with E-state index in [4.69, 9.17) is 4.98 Å². The fourth-order valence-corrected chi connectivity index (χ4v) is 4.37. The number of aromatic amines is 2. The Morgan fingerprint density at radius 1 is 0.917 bits per heavy atom. The summed E-state index contributed by atoms with van der Waals surface area (Å²) in [7, 11) is 0. The summed E-state index contributed by atoms with van der Waals surface area (Å²) in [5.74, 6) is -0.491. The van der Waals surface area contributed by atoms with E-state index in [9.17, 15) is 4.39 Å². The molecule has 9 heteroatoms. The van der Waals surface area contributed by atoms with E-state index in [1.165, 1.54) is 6.07 Å². The van der Waals surface area contributed by atoms with E-state index in [1.807, 2.05) is 31.2 Å². The van der Waals surface area contributed by atoms with Gasteiger partial charge in [0.25, 0.3) is 0 Å². The number of fused-ring (bicyclic) bond motifs is 2. The van der Waals surface area contributed by atoms with E-state index >= 15 is 4.39 Å². The Labute approximate surface area is 204 Å². The van der Waals surface area contributed by atoms with Gasteiger partial charge in [0.15, 0.2) is 11.6 Å². The molecule has 0 radical (unpaired) electrons. The van der Waals surface area contributed by atoms with Gasteiger partial charge >= 0.3 is 0 Å². The van der Waals surface area contributed by atoms with Crippen molar-refractivity contribution < 1.29 is 8.78 Å². The van der Waals surface area contributed by atoms with Crippen molar-refractivity contribution in [3.05, 3.63) is 84.3 Å². The van der Waals surface area contributed by atoms with Gasteiger partial charge in [0, 0.05) is 35.6 Å². The van der Waals surface area contributed by atoms with Gasteiger partial charge in [-0.05, 0) is 30.3 Å². The van der Waals surface area contributed by atoms with Crippen LogP contribution in [0.5, 0.6) is 0 Å². The molecule has 0 fully saturated rings. The Morgan fingerprint density at radius 2 is 1.78 bits per heavy atom. The number of para-hydroxylation sites is 1. The normalized spacial score (nSPS) is 11.5. The molecule has 3 N–H and O–H groups in total. The molecule has 36 heavy (non-hydrogen) atoms. The van der Waals surface area contributed by atoms with E-state index in [1.54, 1.807) is 36.8 Å². The Morgan fingerprint density at radius 3 is 2.64 bits per heavy atom. The Bertz CT molecular complexity index is 1720. The van der Waals surface area contributed by atoms with Crippen LogP contribution in [-0.4, -0.2) is 36.7 Å². The van der Waals surface area contributed by atoms with Crippen LogP contribution in [0.2, 0.25) is 0 Å².